The molecule has 0 saturated carbocycles. The number of carbonyl (C=O) groups is 1. The van der Waals surface area contributed by atoms with Gasteiger partial charge in [-0.3, -0.25) is 4.79 Å². The molecule has 3 saturated heterocycles. The third-order valence-electron chi connectivity index (χ3n) is 23.2. The van der Waals surface area contributed by atoms with Crippen LogP contribution in [0, 0.1) is 0 Å². The Bertz CT molecular complexity index is 2400. The molecular formula is C96H173NO18. The summed E-state index contributed by atoms with van der Waals surface area (Å²) in [5.41, 5.74) is 0. The van der Waals surface area contributed by atoms with Crippen LogP contribution in [0.1, 0.15) is 386 Å². The SMILES string of the molecule is CC/C=C\C/C=C\C/C=C\C/C=C\CCCCCCCCCCCCCCCCCCCCCCCCCCCCCCC(=O)NC(COC1OC(CO)C(OC2OC(CO)C(OC3OC(CO)C(O)C(O)C3O)C(O)C2O)C(O)C1O)C(O)/C=C/CC/C=C/CC/C=C/CCCCCCCCCCCCCCCCCCCCC. The smallest absolute Gasteiger partial charge is 0.220 e. The van der Waals surface area contributed by atoms with Crippen molar-refractivity contribution in [2.45, 2.75) is 491 Å². The van der Waals surface area contributed by atoms with Crippen molar-refractivity contribution in [2.24, 2.45) is 0 Å². The van der Waals surface area contributed by atoms with Gasteiger partial charge >= 0.3 is 0 Å². The molecule has 19 heteroatoms. The first-order chi connectivity index (χ1) is 56.3. The largest absolute Gasteiger partial charge is 0.394 e. The molecule has 3 heterocycles. The summed E-state index contributed by atoms with van der Waals surface area (Å²) >= 11 is 0. The van der Waals surface area contributed by atoms with E-state index in [1.807, 2.05) is 6.08 Å². The third kappa shape index (κ3) is 52.8. The van der Waals surface area contributed by atoms with Crippen LogP contribution >= 0.6 is 0 Å². The summed E-state index contributed by atoms with van der Waals surface area (Å²) in [5.74, 6) is -0.283. The van der Waals surface area contributed by atoms with Crippen molar-refractivity contribution in [3.63, 3.8) is 0 Å². The van der Waals surface area contributed by atoms with Crippen LogP contribution < -0.4 is 5.32 Å². The lowest BCUT2D eigenvalue weighted by molar-refractivity contribution is -0.379. The second kappa shape index (κ2) is 74.8. The molecule has 0 aromatic heterocycles. The number of aliphatic hydroxyl groups is 11. The summed E-state index contributed by atoms with van der Waals surface area (Å²) in [6.45, 7) is 1.65. The number of carbonyl (C=O) groups excluding carboxylic acids is 1. The Morgan fingerprint density at radius 2 is 0.609 bits per heavy atom. The van der Waals surface area contributed by atoms with Crippen LogP contribution in [0.25, 0.3) is 0 Å². The number of hydrogen-bond donors (Lipinski definition) is 12. The van der Waals surface area contributed by atoms with E-state index in [-0.39, 0.29) is 18.9 Å². The second-order valence-corrected chi connectivity index (χ2v) is 33.4. The first-order valence-electron chi connectivity index (χ1n) is 47.3. The fourth-order valence-corrected chi connectivity index (χ4v) is 15.7. The molecule has 12 N–H and O–H groups in total. The first-order valence-corrected chi connectivity index (χ1v) is 47.3. The number of unbranched alkanes of at least 4 members (excludes halogenated alkanes) is 49. The maximum atomic E-state index is 13.5. The van der Waals surface area contributed by atoms with Crippen LogP contribution in [-0.4, -0.2) is 193 Å². The van der Waals surface area contributed by atoms with Gasteiger partial charge in [0.25, 0.3) is 0 Å². The Morgan fingerprint density at radius 3 is 0.974 bits per heavy atom. The molecule has 1 amide bonds. The molecule has 3 fully saturated rings. The Labute approximate surface area is 699 Å². The molecule has 115 heavy (non-hydrogen) atoms. The minimum absolute atomic E-state index is 0.234. The van der Waals surface area contributed by atoms with Crippen molar-refractivity contribution in [1.29, 1.82) is 0 Å². The third-order valence-corrected chi connectivity index (χ3v) is 23.2. The van der Waals surface area contributed by atoms with E-state index >= 15 is 0 Å². The highest BCUT2D eigenvalue weighted by molar-refractivity contribution is 5.76. The van der Waals surface area contributed by atoms with Crippen LogP contribution in [0.3, 0.4) is 0 Å². The summed E-state index contributed by atoms with van der Waals surface area (Å²) in [4.78, 5) is 13.5. The average Bonchev–Trinajstić information content (AvgIpc) is 0.778. The number of amides is 1. The summed E-state index contributed by atoms with van der Waals surface area (Å²) < 4.78 is 34.5. The van der Waals surface area contributed by atoms with Crippen LogP contribution in [-0.2, 0) is 33.2 Å². The van der Waals surface area contributed by atoms with Gasteiger partial charge in [0.2, 0.25) is 5.91 Å². The maximum Gasteiger partial charge on any atom is 0.220 e. The first kappa shape index (κ1) is 106. The van der Waals surface area contributed by atoms with E-state index in [2.05, 4.69) is 92.1 Å². The number of hydrogen-bond acceptors (Lipinski definition) is 18. The normalized spacial score (nSPS) is 25.0. The van der Waals surface area contributed by atoms with Crippen molar-refractivity contribution in [2.75, 3.05) is 26.4 Å². The van der Waals surface area contributed by atoms with Gasteiger partial charge in [0.15, 0.2) is 18.9 Å². The van der Waals surface area contributed by atoms with Gasteiger partial charge in [0.1, 0.15) is 73.2 Å². The highest BCUT2D eigenvalue weighted by Crippen LogP contribution is 2.34. The molecule has 3 rings (SSSR count). The van der Waals surface area contributed by atoms with Crippen LogP contribution in [0.15, 0.2) is 85.1 Å². The Kier molecular flexibility index (Phi) is 69.0. The molecule has 0 spiro atoms. The lowest BCUT2D eigenvalue weighted by atomic mass is 9.96. The Morgan fingerprint density at radius 1 is 0.322 bits per heavy atom. The topological polar surface area (TPSA) is 307 Å². The zero-order valence-electron chi connectivity index (χ0n) is 72.5. The second-order valence-electron chi connectivity index (χ2n) is 33.4. The Hall–Kier alpha value is -3.03. The highest BCUT2D eigenvalue weighted by atomic mass is 16.8. The highest BCUT2D eigenvalue weighted by Gasteiger charge is 2.54. The number of ether oxygens (including phenoxy) is 6. The van der Waals surface area contributed by atoms with Crippen molar-refractivity contribution in [3.05, 3.63) is 85.1 Å². The van der Waals surface area contributed by atoms with Gasteiger partial charge in [0, 0.05) is 6.42 Å². The van der Waals surface area contributed by atoms with Crippen LogP contribution in [0.2, 0.25) is 0 Å². The van der Waals surface area contributed by atoms with E-state index in [1.54, 1.807) is 6.08 Å². The molecule has 0 bridgehead atoms. The molecule has 0 radical (unpaired) electrons. The van der Waals surface area contributed by atoms with E-state index in [9.17, 15) is 61.0 Å². The van der Waals surface area contributed by atoms with E-state index in [0.29, 0.717) is 12.8 Å². The summed E-state index contributed by atoms with van der Waals surface area (Å²) in [7, 11) is 0. The van der Waals surface area contributed by atoms with Crippen LogP contribution in [0.5, 0.6) is 0 Å². The van der Waals surface area contributed by atoms with Crippen molar-refractivity contribution in [3.8, 4) is 0 Å². The molecule has 0 aromatic rings. The van der Waals surface area contributed by atoms with Crippen molar-refractivity contribution >= 4 is 5.91 Å². The Balaban J connectivity index is 1.30. The predicted molar refractivity (Wildman–Crippen MR) is 466 cm³/mol. The standard InChI is InChI=1S/C96H173NO18/c1-3-5-7-9-11-13-15-17-19-21-23-25-27-29-31-33-34-35-36-37-38-39-40-41-42-43-44-46-48-50-52-54-56-58-60-62-64-66-68-70-72-74-84(102)97-79(80(101)73-71-69-67-65-63-61-59-57-55-53-51-49-47-45-32-30-28-26-24-22-20-18-16-14-12-10-8-6-4-2)78-110-94-90(108)87(105)92(82(76-99)112-94)115-96-91(109)88(106)93(83(77-100)113-96)114-95-89(107)86(104)85(103)81(75-98)111-95/h5,7,11,13,17,19,23,25,55,57,63,65,71,73,79-83,85-96,98-101,103-109H,3-4,6,8-10,12,14-16,18,20-22,24,26-54,56,58-62,64,66-70,72,74-78H2,1-2H3,(H,97,102)/b7-5-,13-11-,19-17-,25-23-,57-55+,65-63+,73-71+. The molecule has 19 nitrogen and oxygen atoms in total. The molecule has 17 atom stereocenters. The monoisotopic (exact) mass is 1630 g/mol. The van der Waals surface area contributed by atoms with Gasteiger partial charge in [0.05, 0.1) is 38.6 Å². The van der Waals surface area contributed by atoms with E-state index in [4.69, 9.17) is 28.4 Å². The number of nitrogens with one attached hydrogen (secondary N) is 1. The minimum atomic E-state index is -1.99. The van der Waals surface area contributed by atoms with E-state index < -0.39 is 124 Å². The fourth-order valence-electron chi connectivity index (χ4n) is 15.7. The average molecular weight is 1630 g/mol. The molecule has 670 valence electrons. The molecular weight excluding hydrogens is 1460 g/mol. The van der Waals surface area contributed by atoms with Gasteiger partial charge in [-0.25, -0.2) is 0 Å². The van der Waals surface area contributed by atoms with Gasteiger partial charge in [-0.15, -0.1) is 0 Å². The molecule has 3 aliphatic rings. The van der Waals surface area contributed by atoms with E-state index in [1.165, 1.54) is 283 Å². The van der Waals surface area contributed by atoms with Crippen LogP contribution in [0.4, 0.5) is 0 Å². The lowest BCUT2D eigenvalue weighted by Crippen LogP contribution is -2.66. The summed E-state index contributed by atoms with van der Waals surface area (Å²) in [5, 5.41) is 121. The minimum Gasteiger partial charge on any atom is -0.394 e. The zero-order valence-corrected chi connectivity index (χ0v) is 72.5. The lowest BCUT2D eigenvalue weighted by Gasteiger charge is -2.48. The zero-order chi connectivity index (χ0) is 83.1. The number of rotatable bonds is 77. The van der Waals surface area contributed by atoms with Gasteiger partial charge in [-0.05, 0) is 83.5 Å². The molecule has 0 aliphatic carbocycles. The maximum absolute atomic E-state index is 13.5. The van der Waals surface area contributed by atoms with Gasteiger partial charge in [-0.2, -0.15) is 0 Å². The molecule has 3 aliphatic heterocycles. The molecule has 0 aromatic carbocycles. The van der Waals surface area contributed by atoms with Gasteiger partial charge < -0.3 is 89.9 Å². The summed E-state index contributed by atoms with van der Waals surface area (Å²) in [6.07, 6.45) is 76.2. The van der Waals surface area contributed by atoms with Crippen molar-refractivity contribution in [1.82, 2.24) is 5.32 Å². The summed E-state index contributed by atoms with van der Waals surface area (Å²) in [6, 6.07) is -1.00. The van der Waals surface area contributed by atoms with Gasteiger partial charge in [-0.1, -0.05) is 381 Å². The quantitative estimate of drug-likeness (QED) is 0.0199. The van der Waals surface area contributed by atoms with Crippen molar-refractivity contribution < 1.29 is 89.4 Å². The molecule has 17 unspecified atom stereocenters. The number of aliphatic hydroxyl groups excluding tert-OH is 11. The fraction of sp³-hybridized carbons (Fsp3) is 0.844. The predicted octanol–water partition coefficient (Wildman–Crippen LogP) is 18.9. The van der Waals surface area contributed by atoms with E-state index in [0.717, 1.165) is 70.6 Å². The number of allylic oxidation sites excluding steroid dienone is 13.